The molecular formula is C13H20ClN3. The number of pyridine rings is 1. The van der Waals surface area contributed by atoms with E-state index in [1.54, 1.807) is 6.20 Å². The van der Waals surface area contributed by atoms with E-state index in [-0.39, 0.29) is 0 Å². The predicted molar refractivity (Wildman–Crippen MR) is 72.5 cm³/mol. The van der Waals surface area contributed by atoms with E-state index in [0.717, 1.165) is 18.9 Å². The van der Waals surface area contributed by atoms with Gasteiger partial charge in [0.2, 0.25) is 0 Å². The van der Waals surface area contributed by atoms with E-state index in [1.165, 1.54) is 12.8 Å². The number of halogens is 1. The van der Waals surface area contributed by atoms with Gasteiger partial charge in [-0.2, -0.15) is 0 Å². The fraction of sp³-hybridized carbons (Fsp3) is 0.615. The lowest BCUT2D eigenvalue weighted by Crippen LogP contribution is -2.50. The Balaban J connectivity index is 1.96. The third-order valence-corrected chi connectivity index (χ3v) is 3.87. The van der Waals surface area contributed by atoms with Gasteiger partial charge in [0.05, 0.1) is 5.02 Å². The maximum Gasteiger partial charge on any atom is 0.144 e. The number of nitrogens with one attached hydrogen (secondary N) is 2. The third-order valence-electron chi connectivity index (χ3n) is 3.56. The number of aromatic nitrogens is 1. The van der Waals surface area contributed by atoms with Crippen LogP contribution in [0.2, 0.25) is 5.02 Å². The quantitative estimate of drug-likeness (QED) is 0.870. The molecule has 1 aromatic heterocycles. The average Bonchev–Trinajstić information content (AvgIpc) is 2.29. The van der Waals surface area contributed by atoms with Crippen molar-refractivity contribution in [1.29, 1.82) is 0 Å². The Kier molecular flexibility index (Phi) is 3.89. The minimum Gasteiger partial charge on any atom is -0.367 e. The summed E-state index contributed by atoms with van der Waals surface area (Å²) in [5.74, 6) is 0.775. The summed E-state index contributed by atoms with van der Waals surface area (Å²) < 4.78 is 0. The second kappa shape index (κ2) is 5.23. The molecule has 2 N–H and O–H groups in total. The van der Waals surface area contributed by atoms with Crippen LogP contribution in [0.25, 0.3) is 0 Å². The van der Waals surface area contributed by atoms with E-state index in [0.29, 0.717) is 16.5 Å². The zero-order valence-corrected chi connectivity index (χ0v) is 11.2. The number of hydrogen-bond donors (Lipinski definition) is 2. The van der Waals surface area contributed by atoms with Crippen molar-refractivity contribution < 1.29 is 0 Å². The first-order chi connectivity index (χ1) is 8.09. The molecule has 1 saturated heterocycles. The molecule has 0 amide bonds. The maximum absolute atomic E-state index is 6.07. The lowest BCUT2D eigenvalue weighted by molar-refractivity contribution is 0.188. The molecule has 94 valence electrons. The third kappa shape index (κ3) is 3.11. The fourth-order valence-corrected chi connectivity index (χ4v) is 2.52. The smallest absolute Gasteiger partial charge is 0.144 e. The van der Waals surface area contributed by atoms with Gasteiger partial charge in [0.15, 0.2) is 0 Å². The molecule has 4 heteroatoms. The molecule has 3 nitrogen and oxygen atoms in total. The zero-order valence-electron chi connectivity index (χ0n) is 10.5. The number of nitrogens with zero attached hydrogens (tertiary/aromatic N) is 1. The van der Waals surface area contributed by atoms with Gasteiger partial charge in [-0.05, 0) is 36.9 Å². The molecule has 1 aromatic rings. The van der Waals surface area contributed by atoms with E-state index in [4.69, 9.17) is 11.6 Å². The normalized spacial score (nSPS) is 23.4. The van der Waals surface area contributed by atoms with Gasteiger partial charge < -0.3 is 10.6 Å². The minimum absolute atomic E-state index is 0.326. The molecule has 1 atom stereocenters. The van der Waals surface area contributed by atoms with Crippen LogP contribution in [-0.4, -0.2) is 24.1 Å². The van der Waals surface area contributed by atoms with Crippen LogP contribution in [0.3, 0.4) is 0 Å². The molecule has 0 saturated carbocycles. The molecule has 0 radical (unpaired) electrons. The Bertz CT molecular complexity index is 379. The number of rotatable bonds is 3. The van der Waals surface area contributed by atoms with E-state index >= 15 is 0 Å². The van der Waals surface area contributed by atoms with Crippen LogP contribution >= 0.6 is 11.6 Å². The van der Waals surface area contributed by atoms with Gasteiger partial charge in [0.25, 0.3) is 0 Å². The van der Waals surface area contributed by atoms with Crippen molar-refractivity contribution in [3.8, 4) is 0 Å². The van der Waals surface area contributed by atoms with Crippen LogP contribution < -0.4 is 10.6 Å². The number of hydrogen-bond acceptors (Lipinski definition) is 3. The standard InChI is InChI=1S/C13H20ClN3/c1-13(2)6-4-8-15-11(13)9-17-12-10(14)5-3-7-16-12/h3,5,7,11,15H,4,6,8-9H2,1-2H3,(H,16,17). The molecule has 0 aromatic carbocycles. The molecule has 0 spiro atoms. The predicted octanol–water partition coefficient (Wildman–Crippen LogP) is 2.93. The Labute approximate surface area is 108 Å². The highest BCUT2D eigenvalue weighted by atomic mass is 35.5. The second-order valence-electron chi connectivity index (χ2n) is 5.31. The molecule has 17 heavy (non-hydrogen) atoms. The lowest BCUT2D eigenvalue weighted by atomic mass is 9.77. The van der Waals surface area contributed by atoms with E-state index in [2.05, 4.69) is 29.5 Å². The Morgan fingerprint density at radius 3 is 3.12 bits per heavy atom. The van der Waals surface area contributed by atoms with Crippen LogP contribution in [0.1, 0.15) is 26.7 Å². The highest BCUT2D eigenvalue weighted by Crippen LogP contribution is 2.30. The summed E-state index contributed by atoms with van der Waals surface area (Å²) >= 11 is 6.07. The Morgan fingerprint density at radius 2 is 2.41 bits per heavy atom. The first-order valence-electron chi connectivity index (χ1n) is 6.17. The van der Waals surface area contributed by atoms with Crippen LogP contribution in [0.15, 0.2) is 18.3 Å². The highest BCUT2D eigenvalue weighted by molar-refractivity contribution is 6.32. The lowest BCUT2D eigenvalue weighted by Gasteiger charge is -2.39. The molecule has 0 bridgehead atoms. The summed E-state index contributed by atoms with van der Waals surface area (Å²) in [4.78, 5) is 4.24. The maximum atomic E-state index is 6.07. The zero-order chi connectivity index (χ0) is 12.3. The average molecular weight is 254 g/mol. The summed E-state index contributed by atoms with van der Waals surface area (Å²) in [6.45, 7) is 6.59. The summed E-state index contributed by atoms with van der Waals surface area (Å²) in [5.41, 5.74) is 0.326. The van der Waals surface area contributed by atoms with Gasteiger partial charge in [-0.15, -0.1) is 0 Å². The van der Waals surface area contributed by atoms with Gasteiger partial charge in [-0.1, -0.05) is 25.4 Å². The molecule has 1 fully saturated rings. The van der Waals surface area contributed by atoms with Crippen LogP contribution in [-0.2, 0) is 0 Å². The summed E-state index contributed by atoms with van der Waals surface area (Å²) in [5, 5.41) is 7.58. The first kappa shape index (κ1) is 12.7. The Morgan fingerprint density at radius 1 is 1.59 bits per heavy atom. The summed E-state index contributed by atoms with van der Waals surface area (Å²) in [6.07, 6.45) is 4.28. The van der Waals surface area contributed by atoms with Crippen molar-refractivity contribution in [3.63, 3.8) is 0 Å². The van der Waals surface area contributed by atoms with Crippen LogP contribution in [0.5, 0.6) is 0 Å². The van der Waals surface area contributed by atoms with Gasteiger partial charge >= 0.3 is 0 Å². The van der Waals surface area contributed by atoms with Crippen molar-refractivity contribution in [2.75, 3.05) is 18.4 Å². The van der Waals surface area contributed by atoms with Gasteiger partial charge in [-0.3, -0.25) is 0 Å². The van der Waals surface area contributed by atoms with E-state index < -0.39 is 0 Å². The largest absolute Gasteiger partial charge is 0.367 e. The summed E-state index contributed by atoms with van der Waals surface area (Å²) in [7, 11) is 0. The summed E-state index contributed by atoms with van der Waals surface area (Å²) in [6, 6.07) is 4.17. The number of piperidine rings is 1. The Hall–Kier alpha value is -0.800. The molecule has 1 unspecified atom stereocenters. The SMILES string of the molecule is CC1(C)CCCNC1CNc1ncccc1Cl. The van der Waals surface area contributed by atoms with Gasteiger partial charge in [0.1, 0.15) is 5.82 Å². The first-order valence-corrected chi connectivity index (χ1v) is 6.55. The minimum atomic E-state index is 0.326. The van der Waals surface area contributed by atoms with E-state index in [9.17, 15) is 0 Å². The second-order valence-corrected chi connectivity index (χ2v) is 5.72. The fourth-order valence-electron chi connectivity index (χ4n) is 2.33. The van der Waals surface area contributed by atoms with Crippen LogP contribution in [0, 0.1) is 5.41 Å². The van der Waals surface area contributed by atoms with Crippen molar-refractivity contribution >= 4 is 17.4 Å². The van der Waals surface area contributed by atoms with Gasteiger partial charge in [0, 0.05) is 18.8 Å². The van der Waals surface area contributed by atoms with Crippen LogP contribution in [0.4, 0.5) is 5.82 Å². The molecule has 2 heterocycles. The van der Waals surface area contributed by atoms with Crippen molar-refractivity contribution in [2.24, 2.45) is 5.41 Å². The highest BCUT2D eigenvalue weighted by Gasteiger charge is 2.31. The van der Waals surface area contributed by atoms with Crippen molar-refractivity contribution in [1.82, 2.24) is 10.3 Å². The molecule has 0 aliphatic carbocycles. The topological polar surface area (TPSA) is 37.0 Å². The molecule has 2 rings (SSSR count). The number of anilines is 1. The molecule has 1 aliphatic heterocycles. The van der Waals surface area contributed by atoms with Crippen molar-refractivity contribution in [3.05, 3.63) is 23.4 Å². The molecule has 1 aliphatic rings. The van der Waals surface area contributed by atoms with Crippen molar-refractivity contribution in [2.45, 2.75) is 32.7 Å². The van der Waals surface area contributed by atoms with E-state index in [1.807, 2.05) is 12.1 Å². The monoisotopic (exact) mass is 253 g/mol. The van der Waals surface area contributed by atoms with Gasteiger partial charge in [-0.25, -0.2) is 4.98 Å². The molecular weight excluding hydrogens is 234 g/mol.